The highest BCUT2D eigenvalue weighted by Crippen LogP contribution is 2.32. The van der Waals surface area contributed by atoms with Crippen LogP contribution >= 0.6 is 0 Å². The third kappa shape index (κ3) is 1.29. The van der Waals surface area contributed by atoms with Crippen molar-refractivity contribution in [3.05, 3.63) is 23.3 Å². The van der Waals surface area contributed by atoms with Crippen molar-refractivity contribution in [1.82, 2.24) is 9.97 Å². The van der Waals surface area contributed by atoms with E-state index in [-0.39, 0.29) is 0 Å². The van der Waals surface area contributed by atoms with E-state index in [0.29, 0.717) is 11.6 Å². The van der Waals surface area contributed by atoms with E-state index < -0.39 is 0 Å². The Morgan fingerprint density at radius 3 is 3.23 bits per heavy atom. The number of nitriles is 1. The standard InChI is InChI=1S/C10H11N3/c1-2-7-3-4-9-10(7)12-6-8(5-11)13-9/h6-7H,2-4H2,1H3. The van der Waals surface area contributed by atoms with Gasteiger partial charge in [-0.05, 0) is 19.3 Å². The molecule has 0 saturated heterocycles. The molecular formula is C10H11N3. The minimum atomic E-state index is 0.440. The number of aromatic nitrogens is 2. The fraction of sp³-hybridized carbons (Fsp3) is 0.500. The third-order valence-corrected chi connectivity index (χ3v) is 2.60. The molecular weight excluding hydrogens is 162 g/mol. The second-order valence-corrected chi connectivity index (χ2v) is 3.34. The molecule has 3 heteroatoms. The number of nitrogens with zero attached hydrogens (tertiary/aromatic N) is 3. The molecule has 1 aromatic rings. The molecule has 0 saturated carbocycles. The maximum atomic E-state index is 8.64. The van der Waals surface area contributed by atoms with E-state index in [1.165, 1.54) is 0 Å². The molecule has 0 aromatic carbocycles. The van der Waals surface area contributed by atoms with Gasteiger partial charge in [-0.15, -0.1) is 0 Å². The number of hydrogen-bond donors (Lipinski definition) is 0. The summed E-state index contributed by atoms with van der Waals surface area (Å²) in [6, 6.07) is 2.02. The van der Waals surface area contributed by atoms with Crippen LogP contribution in [-0.2, 0) is 6.42 Å². The van der Waals surface area contributed by atoms with Gasteiger partial charge in [-0.2, -0.15) is 5.26 Å². The van der Waals surface area contributed by atoms with Gasteiger partial charge in [0.1, 0.15) is 6.07 Å². The lowest BCUT2D eigenvalue weighted by atomic mass is 10.0. The van der Waals surface area contributed by atoms with Crippen molar-refractivity contribution in [3.63, 3.8) is 0 Å². The zero-order valence-corrected chi connectivity index (χ0v) is 7.62. The first-order chi connectivity index (χ1) is 6.35. The third-order valence-electron chi connectivity index (χ3n) is 2.60. The van der Waals surface area contributed by atoms with Crippen molar-refractivity contribution >= 4 is 0 Å². The fourth-order valence-electron chi connectivity index (χ4n) is 1.86. The molecule has 1 atom stereocenters. The van der Waals surface area contributed by atoms with Gasteiger partial charge in [0.15, 0.2) is 5.69 Å². The van der Waals surface area contributed by atoms with E-state index in [0.717, 1.165) is 30.7 Å². The summed E-state index contributed by atoms with van der Waals surface area (Å²) in [6.45, 7) is 2.17. The molecule has 66 valence electrons. The summed E-state index contributed by atoms with van der Waals surface area (Å²) in [5.41, 5.74) is 2.59. The molecule has 1 aromatic heterocycles. The summed E-state index contributed by atoms with van der Waals surface area (Å²) in [4.78, 5) is 8.54. The Hall–Kier alpha value is -1.43. The average Bonchev–Trinajstić information content (AvgIpc) is 2.59. The largest absolute Gasteiger partial charge is 0.256 e. The fourth-order valence-corrected chi connectivity index (χ4v) is 1.86. The highest BCUT2D eigenvalue weighted by Gasteiger charge is 2.23. The van der Waals surface area contributed by atoms with Gasteiger partial charge in [0, 0.05) is 5.92 Å². The smallest absolute Gasteiger partial charge is 0.159 e. The van der Waals surface area contributed by atoms with E-state index in [1.54, 1.807) is 6.20 Å². The monoisotopic (exact) mass is 173 g/mol. The van der Waals surface area contributed by atoms with Crippen molar-refractivity contribution in [2.45, 2.75) is 32.1 Å². The molecule has 0 fully saturated rings. The van der Waals surface area contributed by atoms with Gasteiger partial charge in [-0.3, -0.25) is 4.98 Å². The summed E-state index contributed by atoms with van der Waals surface area (Å²) in [5, 5.41) is 8.64. The molecule has 0 amide bonds. The quantitative estimate of drug-likeness (QED) is 0.650. The second-order valence-electron chi connectivity index (χ2n) is 3.34. The first-order valence-electron chi connectivity index (χ1n) is 4.61. The van der Waals surface area contributed by atoms with Gasteiger partial charge in [-0.25, -0.2) is 4.98 Å². The molecule has 3 nitrogen and oxygen atoms in total. The Bertz CT molecular complexity index is 365. The topological polar surface area (TPSA) is 49.6 Å². The zero-order valence-electron chi connectivity index (χ0n) is 7.62. The van der Waals surface area contributed by atoms with Gasteiger partial charge < -0.3 is 0 Å². The van der Waals surface area contributed by atoms with E-state index in [2.05, 4.69) is 16.9 Å². The minimum absolute atomic E-state index is 0.440. The van der Waals surface area contributed by atoms with E-state index in [1.807, 2.05) is 6.07 Å². The van der Waals surface area contributed by atoms with Gasteiger partial charge >= 0.3 is 0 Å². The summed E-state index contributed by atoms with van der Waals surface area (Å²) in [6.07, 6.45) is 4.82. The van der Waals surface area contributed by atoms with Crippen molar-refractivity contribution in [2.24, 2.45) is 0 Å². The number of fused-ring (bicyclic) bond motifs is 1. The van der Waals surface area contributed by atoms with Crippen LogP contribution < -0.4 is 0 Å². The molecule has 13 heavy (non-hydrogen) atoms. The molecule has 0 bridgehead atoms. The lowest BCUT2D eigenvalue weighted by molar-refractivity contribution is 0.642. The molecule has 2 rings (SSSR count). The highest BCUT2D eigenvalue weighted by molar-refractivity contribution is 5.27. The van der Waals surface area contributed by atoms with Crippen LogP contribution in [0, 0.1) is 11.3 Å². The average molecular weight is 173 g/mol. The van der Waals surface area contributed by atoms with Crippen LogP contribution in [-0.4, -0.2) is 9.97 Å². The zero-order chi connectivity index (χ0) is 9.26. The SMILES string of the molecule is CCC1CCc2nc(C#N)cnc21. The van der Waals surface area contributed by atoms with E-state index in [9.17, 15) is 0 Å². The second kappa shape index (κ2) is 3.14. The number of aryl methyl sites for hydroxylation is 1. The Labute approximate surface area is 77.4 Å². The maximum absolute atomic E-state index is 8.64. The van der Waals surface area contributed by atoms with Crippen LogP contribution in [0.2, 0.25) is 0 Å². The van der Waals surface area contributed by atoms with E-state index in [4.69, 9.17) is 5.26 Å². The van der Waals surface area contributed by atoms with Crippen molar-refractivity contribution < 1.29 is 0 Å². The minimum Gasteiger partial charge on any atom is -0.256 e. The van der Waals surface area contributed by atoms with Crippen molar-refractivity contribution in [2.75, 3.05) is 0 Å². The molecule has 0 aliphatic heterocycles. The van der Waals surface area contributed by atoms with Gasteiger partial charge in [0.2, 0.25) is 0 Å². The first-order valence-corrected chi connectivity index (χ1v) is 4.61. The van der Waals surface area contributed by atoms with Crippen LogP contribution in [0.5, 0.6) is 0 Å². The number of rotatable bonds is 1. The summed E-state index contributed by atoms with van der Waals surface area (Å²) >= 11 is 0. The van der Waals surface area contributed by atoms with Crippen molar-refractivity contribution in [1.29, 1.82) is 5.26 Å². The predicted octanol–water partition coefficient (Wildman–Crippen LogP) is 1.79. The summed E-state index contributed by atoms with van der Waals surface area (Å²) in [7, 11) is 0. The Kier molecular flexibility index (Phi) is 1.97. The van der Waals surface area contributed by atoms with Crippen LogP contribution in [0.4, 0.5) is 0 Å². The van der Waals surface area contributed by atoms with Crippen molar-refractivity contribution in [3.8, 4) is 6.07 Å². The Morgan fingerprint density at radius 1 is 1.69 bits per heavy atom. The lowest BCUT2D eigenvalue weighted by Crippen LogP contribution is -1.98. The maximum Gasteiger partial charge on any atom is 0.159 e. The van der Waals surface area contributed by atoms with Crippen LogP contribution in [0.15, 0.2) is 6.20 Å². The van der Waals surface area contributed by atoms with Gasteiger partial charge in [-0.1, -0.05) is 6.92 Å². The molecule has 1 unspecified atom stereocenters. The number of hydrogen-bond acceptors (Lipinski definition) is 3. The highest BCUT2D eigenvalue weighted by atomic mass is 14.8. The Balaban J connectivity index is 2.41. The molecule has 0 N–H and O–H groups in total. The van der Waals surface area contributed by atoms with E-state index >= 15 is 0 Å². The molecule has 0 radical (unpaired) electrons. The molecule has 1 aliphatic carbocycles. The van der Waals surface area contributed by atoms with Crippen LogP contribution in [0.1, 0.15) is 42.8 Å². The van der Waals surface area contributed by atoms with Gasteiger partial charge in [0.05, 0.1) is 17.6 Å². The summed E-state index contributed by atoms with van der Waals surface area (Å²) in [5.74, 6) is 0.565. The lowest BCUT2D eigenvalue weighted by Gasteiger charge is -2.04. The molecule has 0 spiro atoms. The predicted molar refractivity (Wildman–Crippen MR) is 48.1 cm³/mol. The normalized spacial score (nSPS) is 19.5. The Morgan fingerprint density at radius 2 is 2.54 bits per heavy atom. The molecule has 1 aliphatic rings. The van der Waals surface area contributed by atoms with Crippen LogP contribution in [0.25, 0.3) is 0 Å². The van der Waals surface area contributed by atoms with Gasteiger partial charge in [0.25, 0.3) is 0 Å². The molecule has 1 heterocycles. The van der Waals surface area contributed by atoms with Crippen LogP contribution in [0.3, 0.4) is 0 Å². The first kappa shape index (κ1) is 8.18. The summed E-state index contributed by atoms with van der Waals surface area (Å²) < 4.78 is 0.